The third-order valence-electron chi connectivity index (χ3n) is 4.01. The average Bonchev–Trinajstić information content (AvgIpc) is 3.17. The molecule has 1 fully saturated rings. The molecule has 2 amide bonds. The molecular formula is C18H20N4O3. The largest absolute Gasteiger partial charge is 0.459 e. The van der Waals surface area contributed by atoms with Crippen LogP contribution in [0, 0.1) is 0 Å². The summed E-state index contributed by atoms with van der Waals surface area (Å²) < 4.78 is 5.10. The van der Waals surface area contributed by atoms with E-state index in [2.05, 4.69) is 15.2 Å². The summed E-state index contributed by atoms with van der Waals surface area (Å²) in [5.74, 6) is -0.511. The van der Waals surface area contributed by atoms with Gasteiger partial charge in [0.1, 0.15) is 5.70 Å². The molecule has 1 N–H and O–H groups in total. The second kappa shape index (κ2) is 7.76. The first-order valence-electron chi connectivity index (χ1n) is 8.08. The van der Waals surface area contributed by atoms with Gasteiger partial charge in [0.25, 0.3) is 11.8 Å². The van der Waals surface area contributed by atoms with Gasteiger partial charge in [-0.25, -0.2) is 0 Å². The van der Waals surface area contributed by atoms with Crippen LogP contribution in [0.4, 0.5) is 0 Å². The van der Waals surface area contributed by atoms with Gasteiger partial charge in [0.15, 0.2) is 5.76 Å². The maximum atomic E-state index is 12.9. The summed E-state index contributed by atoms with van der Waals surface area (Å²) in [5.41, 5.74) is 0.943. The Bertz CT molecular complexity index is 748. The number of nitrogens with one attached hydrogen (secondary N) is 1. The summed E-state index contributed by atoms with van der Waals surface area (Å²) in [6, 6.07) is 6.78. The average molecular weight is 340 g/mol. The summed E-state index contributed by atoms with van der Waals surface area (Å²) >= 11 is 0. The van der Waals surface area contributed by atoms with E-state index in [1.165, 1.54) is 6.26 Å². The summed E-state index contributed by atoms with van der Waals surface area (Å²) in [6.07, 6.45) is 6.34. The van der Waals surface area contributed by atoms with Crippen LogP contribution in [0.2, 0.25) is 0 Å². The van der Waals surface area contributed by atoms with Crippen LogP contribution < -0.4 is 5.32 Å². The molecule has 0 atom stereocenters. The zero-order valence-electron chi connectivity index (χ0n) is 14.0. The predicted molar refractivity (Wildman–Crippen MR) is 92.5 cm³/mol. The first kappa shape index (κ1) is 16.9. The fourth-order valence-electron chi connectivity index (χ4n) is 2.55. The highest BCUT2D eigenvalue weighted by molar-refractivity contribution is 6.04. The molecule has 1 aliphatic rings. The van der Waals surface area contributed by atoms with E-state index in [0.717, 1.165) is 18.7 Å². The van der Waals surface area contributed by atoms with Crippen molar-refractivity contribution in [3.05, 3.63) is 59.9 Å². The number of likely N-dealkylation sites (N-methyl/N-ethyl adjacent to an activating group) is 1. The van der Waals surface area contributed by atoms with Crippen molar-refractivity contribution in [2.45, 2.75) is 0 Å². The van der Waals surface area contributed by atoms with Gasteiger partial charge in [0.2, 0.25) is 0 Å². The minimum Gasteiger partial charge on any atom is -0.459 e. The number of hydrogen-bond acceptors (Lipinski definition) is 5. The SMILES string of the molecule is CN1CCN(C(=O)/C(=C/c2cccnc2)NC(=O)c2ccco2)CC1. The molecule has 0 unspecified atom stereocenters. The molecular weight excluding hydrogens is 320 g/mol. The minimum atomic E-state index is -0.456. The van der Waals surface area contributed by atoms with E-state index in [9.17, 15) is 9.59 Å². The van der Waals surface area contributed by atoms with E-state index in [1.54, 1.807) is 41.6 Å². The molecule has 1 aliphatic heterocycles. The van der Waals surface area contributed by atoms with Crippen molar-refractivity contribution < 1.29 is 14.0 Å². The number of furan rings is 1. The van der Waals surface area contributed by atoms with E-state index in [0.29, 0.717) is 13.1 Å². The summed E-state index contributed by atoms with van der Waals surface area (Å²) in [5, 5.41) is 2.67. The number of rotatable bonds is 4. The Morgan fingerprint density at radius 1 is 1.20 bits per heavy atom. The first-order chi connectivity index (χ1) is 12.1. The van der Waals surface area contributed by atoms with Gasteiger partial charge in [-0.1, -0.05) is 6.07 Å². The number of pyridine rings is 1. The fourth-order valence-corrected chi connectivity index (χ4v) is 2.55. The zero-order valence-corrected chi connectivity index (χ0v) is 14.0. The molecule has 0 aliphatic carbocycles. The maximum Gasteiger partial charge on any atom is 0.291 e. The van der Waals surface area contributed by atoms with E-state index in [4.69, 9.17) is 4.42 Å². The highest BCUT2D eigenvalue weighted by Gasteiger charge is 2.24. The number of nitrogens with zero attached hydrogens (tertiary/aromatic N) is 3. The molecule has 3 heterocycles. The normalized spacial score (nSPS) is 15.9. The topological polar surface area (TPSA) is 78.7 Å². The Kier molecular flexibility index (Phi) is 5.25. The molecule has 7 nitrogen and oxygen atoms in total. The predicted octanol–water partition coefficient (Wildman–Crippen LogP) is 1.22. The fraction of sp³-hybridized carbons (Fsp3) is 0.278. The Labute approximate surface area is 145 Å². The van der Waals surface area contributed by atoms with E-state index < -0.39 is 5.91 Å². The maximum absolute atomic E-state index is 12.9. The Morgan fingerprint density at radius 3 is 2.64 bits per heavy atom. The molecule has 0 aromatic carbocycles. The van der Waals surface area contributed by atoms with Gasteiger partial charge < -0.3 is 19.5 Å². The number of carbonyl (C=O) groups is 2. The molecule has 3 rings (SSSR count). The lowest BCUT2D eigenvalue weighted by Gasteiger charge is -2.32. The monoisotopic (exact) mass is 340 g/mol. The lowest BCUT2D eigenvalue weighted by Crippen LogP contribution is -2.49. The molecule has 2 aromatic rings. The van der Waals surface area contributed by atoms with Crippen LogP contribution in [0.25, 0.3) is 6.08 Å². The highest BCUT2D eigenvalue weighted by Crippen LogP contribution is 2.11. The smallest absolute Gasteiger partial charge is 0.291 e. The molecule has 2 aromatic heterocycles. The molecule has 130 valence electrons. The number of piperazine rings is 1. The van der Waals surface area contributed by atoms with Crippen LogP contribution in [0.3, 0.4) is 0 Å². The number of carbonyl (C=O) groups excluding carboxylic acids is 2. The molecule has 0 saturated carbocycles. The van der Waals surface area contributed by atoms with E-state index in [-0.39, 0.29) is 17.4 Å². The van der Waals surface area contributed by atoms with Crippen molar-refractivity contribution in [3.63, 3.8) is 0 Å². The second-order valence-corrected chi connectivity index (χ2v) is 5.87. The molecule has 7 heteroatoms. The van der Waals surface area contributed by atoms with Gasteiger partial charge in [0.05, 0.1) is 6.26 Å². The van der Waals surface area contributed by atoms with Crippen molar-refractivity contribution in [1.29, 1.82) is 0 Å². The molecule has 0 radical (unpaired) electrons. The van der Waals surface area contributed by atoms with Crippen LogP contribution in [0.5, 0.6) is 0 Å². The van der Waals surface area contributed by atoms with Crippen molar-refractivity contribution in [1.82, 2.24) is 20.1 Å². The highest BCUT2D eigenvalue weighted by atomic mass is 16.3. The molecule has 0 bridgehead atoms. The van der Waals surface area contributed by atoms with Crippen LogP contribution in [-0.2, 0) is 4.79 Å². The van der Waals surface area contributed by atoms with Gasteiger partial charge in [-0.3, -0.25) is 14.6 Å². The third kappa shape index (κ3) is 4.33. The Morgan fingerprint density at radius 2 is 2.00 bits per heavy atom. The van der Waals surface area contributed by atoms with Crippen molar-refractivity contribution in [2.24, 2.45) is 0 Å². The second-order valence-electron chi connectivity index (χ2n) is 5.87. The summed E-state index contributed by atoms with van der Waals surface area (Å²) in [6.45, 7) is 2.85. The van der Waals surface area contributed by atoms with Gasteiger partial charge in [0, 0.05) is 38.6 Å². The first-order valence-corrected chi connectivity index (χ1v) is 8.08. The van der Waals surface area contributed by atoms with Crippen molar-refractivity contribution in [3.8, 4) is 0 Å². The molecule has 1 saturated heterocycles. The van der Waals surface area contributed by atoms with Gasteiger partial charge >= 0.3 is 0 Å². The van der Waals surface area contributed by atoms with E-state index >= 15 is 0 Å². The van der Waals surface area contributed by atoms with Gasteiger partial charge in [-0.2, -0.15) is 0 Å². The Balaban J connectivity index is 1.82. The third-order valence-corrected chi connectivity index (χ3v) is 4.01. The van der Waals surface area contributed by atoms with E-state index in [1.807, 2.05) is 13.1 Å². The van der Waals surface area contributed by atoms with Crippen molar-refractivity contribution in [2.75, 3.05) is 33.2 Å². The van der Waals surface area contributed by atoms with Crippen LogP contribution in [0.1, 0.15) is 16.1 Å². The summed E-state index contributed by atoms with van der Waals surface area (Å²) in [7, 11) is 2.02. The Hall–Kier alpha value is -2.93. The van der Waals surface area contributed by atoms with Crippen LogP contribution in [-0.4, -0.2) is 59.8 Å². The minimum absolute atomic E-state index is 0.156. The number of amides is 2. The standard InChI is InChI=1S/C18H20N4O3/c1-21-7-9-22(10-8-21)18(24)15(12-14-4-2-6-19-13-14)20-17(23)16-5-3-11-25-16/h2-6,11-13H,7-10H2,1H3,(H,20,23)/b15-12-. The van der Waals surface area contributed by atoms with Crippen molar-refractivity contribution >= 4 is 17.9 Å². The molecule has 0 spiro atoms. The lowest BCUT2D eigenvalue weighted by atomic mass is 10.2. The number of hydrogen-bond donors (Lipinski definition) is 1. The quantitative estimate of drug-likeness (QED) is 0.847. The summed E-state index contributed by atoms with van der Waals surface area (Å²) in [4.78, 5) is 33.1. The number of aromatic nitrogens is 1. The zero-order chi connectivity index (χ0) is 17.6. The molecule has 25 heavy (non-hydrogen) atoms. The lowest BCUT2D eigenvalue weighted by molar-refractivity contribution is -0.128. The van der Waals surface area contributed by atoms with Gasteiger partial charge in [-0.15, -0.1) is 0 Å². The van der Waals surface area contributed by atoms with Crippen LogP contribution in [0.15, 0.2) is 53.0 Å². The van der Waals surface area contributed by atoms with Gasteiger partial charge in [-0.05, 0) is 36.9 Å². The van der Waals surface area contributed by atoms with Crippen LogP contribution >= 0.6 is 0 Å².